The van der Waals surface area contributed by atoms with Crippen LogP contribution < -0.4 is 0 Å². The second-order valence-electron chi connectivity index (χ2n) is 4.21. The molecule has 0 amide bonds. The lowest BCUT2D eigenvalue weighted by Gasteiger charge is -2.02. The average Bonchev–Trinajstić information content (AvgIpc) is 2.42. The molecule has 1 aromatic carbocycles. The van der Waals surface area contributed by atoms with Crippen LogP contribution in [0.5, 0.6) is 0 Å². The lowest BCUT2D eigenvalue weighted by molar-refractivity contribution is 0.103. The fraction of sp³-hybridized carbons (Fsp3) is 0.250. The Morgan fingerprint density at radius 1 is 1.40 bits per heavy atom. The van der Waals surface area contributed by atoms with Gasteiger partial charge < -0.3 is 0 Å². The van der Waals surface area contributed by atoms with E-state index in [2.05, 4.69) is 4.99 Å². The third kappa shape index (κ3) is 5.10. The van der Waals surface area contributed by atoms with Gasteiger partial charge in [-0.15, -0.1) is 0 Å². The van der Waals surface area contributed by atoms with Crippen molar-refractivity contribution >= 4 is 22.6 Å². The van der Waals surface area contributed by atoms with Crippen molar-refractivity contribution in [3.63, 3.8) is 0 Å². The molecule has 0 unspecified atom stereocenters. The summed E-state index contributed by atoms with van der Waals surface area (Å²) >= 11 is 5.66. The third-order valence-corrected chi connectivity index (χ3v) is 2.61. The predicted octanol–water partition coefficient (Wildman–Crippen LogP) is 4.91. The zero-order valence-electron chi connectivity index (χ0n) is 11.6. The number of allylic oxidation sites excluding steroid dienone is 3. The van der Waals surface area contributed by atoms with Gasteiger partial charge in [0.05, 0.1) is 5.56 Å². The number of aliphatic imine (C=N–C) groups is 1. The highest BCUT2D eigenvalue weighted by molar-refractivity contribution is 6.64. The fourth-order valence-corrected chi connectivity index (χ4v) is 1.56. The maximum absolute atomic E-state index is 13.7. The molecule has 0 atom stereocenters. The van der Waals surface area contributed by atoms with Gasteiger partial charge in [-0.05, 0) is 25.5 Å². The minimum absolute atomic E-state index is 0.0299. The number of benzene rings is 1. The molecule has 0 heterocycles. The first-order chi connectivity index (χ1) is 9.56. The molecule has 20 heavy (non-hydrogen) atoms. The highest BCUT2D eigenvalue weighted by Crippen LogP contribution is 2.14. The molecule has 0 radical (unpaired) electrons. The van der Waals surface area contributed by atoms with Crippen LogP contribution in [-0.4, -0.2) is 11.0 Å². The minimum atomic E-state index is -0.543. The minimum Gasteiger partial charge on any atom is -0.288 e. The van der Waals surface area contributed by atoms with Crippen molar-refractivity contribution in [1.82, 2.24) is 0 Å². The van der Waals surface area contributed by atoms with Crippen molar-refractivity contribution in [3.05, 3.63) is 59.6 Å². The summed E-state index contributed by atoms with van der Waals surface area (Å²) < 4.78 is 13.7. The lowest BCUT2D eigenvalue weighted by atomic mass is 10.0. The van der Waals surface area contributed by atoms with E-state index >= 15 is 0 Å². The standard InChI is InChI=1S/C16H17ClFNO/c1-3-4-5-8-13(11-19-12(2)17)16(20)14-9-6-7-10-15(14)18/h5-11H,3-4H2,1-2H3/b8-5+,13-11+,19-12?. The quantitative estimate of drug-likeness (QED) is 0.317. The molecule has 0 aromatic heterocycles. The van der Waals surface area contributed by atoms with Crippen molar-refractivity contribution < 1.29 is 9.18 Å². The van der Waals surface area contributed by atoms with E-state index in [9.17, 15) is 9.18 Å². The van der Waals surface area contributed by atoms with Gasteiger partial charge in [-0.3, -0.25) is 4.79 Å². The summed E-state index contributed by atoms with van der Waals surface area (Å²) in [5.74, 6) is -0.948. The Hall–Kier alpha value is -1.74. The van der Waals surface area contributed by atoms with Crippen molar-refractivity contribution in [2.24, 2.45) is 4.99 Å². The molecular formula is C16H17ClFNO. The smallest absolute Gasteiger partial charge is 0.197 e. The number of unbranched alkanes of at least 4 members (excludes halogenated alkanes) is 1. The number of nitrogens with zero attached hydrogens (tertiary/aromatic N) is 1. The van der Waals surface area contributed by atoms with Crippen LogP contribution in [0.3, 0.4) is 0 Å². The van der Waals surface area contributed by atoms with Crippen LogP contribution in [0, 0.1) is 5.82 Å². The summed E-state index contributed by atoms with van der Waals surface area (Å²) in [6, 6.07) is 5.89. The molecule has 4 heteroatoms. The molecule has 0 saturated carbocycles. The highest BCUT2D eigenvalue weighted by atomic mass is 35.5. The normalized spacial score (nSPS) is 13.0. The van der Waals surface area contributed by atoms with Gasteiger partial charge in [0.1, 0.15) is 11.0 Å². The Balaban J connectivity index is 3.11. The SMILES string of the molecule is CCC/C=C/C(=C\N=C(C)Cl)C(=O)c1ccccc1F. The zero-order chi connectivity index (χ0) is 15.0. The summed E-state index contributed by atoms with van der Waals surface area (Å²) in [5, 5.41) is 0.313. The van der Waals surface area contributed by atoms with Crippen molar-refractivity contribution in [3.8, 4) is 0 Å². The number of ketones is 1. The second-order valence-corrected chi connectivity index (χ2v) is 4.76. The molecular weight excluding hydrogens is 277 g/mol. The summed E-state index contributed by atoms with van der Waals surface area (Å²) in [6.07, 6.45) is 6.69. The Kier molecular flexibility index (Phi) is 6.88. The summed E-state index contributed by atoms with van der Waals surface area (Å²) in [6.45, 7) is 3.65. The largest absolute Gasteiger partial charge is 0.288 e. The van der Waals surface area contributed by atoms with E-state index in [1.165, 1.54) is 18.3 Å². The van der Waals surface area contributed by atoms with Crippen LogP contribution in [0.15, 0.2) is 53.2 Å². The summed E-state index contributed by atoms with van der Waals surface area (Å²) in [7, 11) is 0. The van der Waals surface area contributed by atoms with Gasteiger partial charge >= 0.3 is 0 Å². The van der Waals surface area contributed by atoms with Crippen molar-refractivity contribution in [1.29, 1.82) is 0 Å². The monoisotopic (exact) mass is 293 g/mol. The zero-order valence-corrected chi connectivity index (χ0v) is 12.3. The molecule has 1 aromatic rings. The van der Waals surface area contributed by atoms with Gasteiger partial charge in [0.25, 0.3) is 0 Å². The van der Waals surface area contributed by atoms with E-state index in [1.807, 2.05) is 13.0 Å². The number of carbonyl (C=O) groups is 1. The topological polar surface area (TPSA) is 29.4 Å². The highest BCUT2D eigenvalue weighted by Gasteiger charge is 2.13. The first-order valence-corrected chi connectivity index (χ1v) is 6.80. The maximum Gasteiger partial charge on any atom is 0.197 e. The first kappa shape index (κ1) is 16.3. The van der Waals surface area contributed by atoms with Crippen LogP contribution in [-0.2, 0) is 0 Å². The fourth-order valence-electron chi connectivity index (χ4n) is 1.51. The van der Waals surface area contributed by atoms with Gasteiger partial charge in [-0.2, -0.15) is 0 Å². The molecule has 0 spiro atoms. The molecule has 0 bridgehead atoms. The van der Waals surface area contributed by atoms with E-state index in [0.29, 0.717) is 10.7 Å². The van der Waals surface area contributed by atoms with Crippen molar-refractivity contribution in [2.75, 3.05) is 0 Å². The summed E-state index contributed by atoms with van der Waals surface area (Å²) in [5.41, 5.74) is 0.339. The van der Waals surface area contributed by atoms with E-state index in [4.69, 9.17) is 11.6 Å². The maximum atomic E-state index is 13.7. The number of hydrogen-bond donors (Lipinski definition) is 0. The number of halogens is 2. The Morgan fingerprint density at radius 3 is 2.70 bits per heavy atom. The van der Waals surface area contributed by atoms with E-state index in [1.54, 1.807) is 25.1 Å². The third-order valence-electron chi connectivity index (χ3n) is 2.51. The molecule has 0 N–H and O–H groups in total. The molecule has 0 aliphatic carbocycles. The number of carbonyl (C=O) groups excluding carboxylic acids is 1. The van der Waals surface area contributed by atoms with E-state index < -0.39 is 11.6 Å². The predicted molar refractivity (Wildman–Crippen MR) is 81.8 cm³/mol. The van der Waals surface area contributed by atoms with Gasteiger partial charge in [0.2, 0.25) is 0 Å². The Morgan fingerprint density at radius 2 is 2.10 bits per heavy atom. The molecule has 1 rings (SSSR count). The molecule has 0 aliphatic rings. The van der Waals surface area contributed by atoms with Crippen molar-refractivity contribution in [2.45, 2.75) is 26.7 Å². The number of Topliss-reactive ketones (excluding diaryl/α,β-unsaturated/α-hetero) is 1. The van der Waals surface area contributed by atoms with Crippen LogP contribution in [0.2, 0.25) is 0 Å². The second kappa shape index (κ2) is 8.43. The van der Waals surface area contributed by atoms with Gasteiger partial charge in [-0.25, -0.2) is 9.38 Å². The first-order valence-electron chi connectivity index (χ1n) is 6.42. The van der Waals surface area contributed by atoms with Crippen LogP contribution in [0.1, 0.15) is 37.0 Å². The van der Waals surface area contributed by atoms with Crippen LogP contribution in [0.4, 0.5) is 4.39 Å². The lowest BCUT2D eigenvalue weighted by Crippen LogP contribution is -2.04. The molecule has 0 saturated heterocycles. The molecule has 0 fully saturated rings. The van der Waals surface area contributed by atoms with Crippen LogP contribution in [0.25, 0.3) is 0 Å². The average molecular weight is 294 g/mol. The van der Waals surface area contributed by atoms with E-state index in [-0.39, 0.29) is 5.56 Å². The number of hydrogen-bond acceptors (Lipinski definition) is 2. The van der Waals surface area contributed by atoms with E-state index in [0.717, 1.165) is 12.8 Å². The Bertz CT molecular complexity index is 557. The van der Waals surface area contributed by atoms with Crippen LogP contribution >= 0.6 is 11.6 Å². The molecule has 106 valence electrons. The molecule has 0 aliphatic heterocycles. The van der Waals surface area contributed by atoms with Gasteiger partial charge in [-0.1, -0.05) is 49.2 Å². The Labute approximate surface area is 123 Å². The molecule has 2 nitrogen and oxygen atoms in total. The summed E-state index contributed by atoms with van der Waals surface area (Å²) in [4.78, 5) is 16.2. The van der Waals surface area contributed by atoms with Gasteiger partial charge in [0, 0.05) is 11.8 Å². The number of rotatable bonds is 6. The van der Waals surface area contributed by atoms with Gasteiger partial charge in [0.15, 0.2) is 5.78 Å².